The van der Waals surface area contributed by atoms with Crippen LogP contribution in [0.2, 0.25) is 0 Å². The van der Waals surface area contributed by atoms with E-state index in [-0.39, 0.29) is 5.82 Å². The molecule has 0 N–H and O–H groups in total. The molecule has 3 aromatic rings. The van der Waals surface area contributed by atoms with E-state index in [4.69, 9.17) is 0 Å². The zero-order valence-corrected chi connectivity index (χ0v) is 11.9. The van der Waals surface area contributed by atoms with Crippen LogP contribution in [0.4, 0.5) is 4.39 Å². The Balaban J connectivity index is 2.19. The molecule has 18 heavy (non-hydrogen) atoms. The normalized spacial score (nSPS) is 11.1. The minimum atomic E-state index is -0.225. The molecule has 2 heterocycles. The summed E-state index contributed by atoms with van der Waals surface area (Å²) >= 11 is 4.96. The van der Waals surface area contributed by atoms with E-state index in [1.165, 1.54) is 23.5 Å². The summed E-state index contributed by atoms with van der Waals surface area (Å²) in [6.07, 6.45) is 3.97. The van der Waals surface area contributed by atoms with E-state index in [9.17, 15) is 4.39 Å². The van der Waals surface area contributed by atoms with Crippen LogP contribution in [-0.4, -0.2) is 4.98 Å². The molecular formula is C13H9BrFN2S+. The minimum absolute atomic E-state index is 0.225. The third-order valence-electron chi connectivity index (χ3n) is 2.56. The molecular weight excluding hydrogens is 315 g/mol. The number of fused-ring (bicyclic) bond motifs is 1. The smallest absolute Gasteiger partial charge is 0.182 e. The van der Waals surface area contributed by atoms with Crippen molar-refractivity contribution in [3.63, 3.8) is 0 Å². The Morgan fingerprint density at radius 3 is 2.89 bits per heavy atom. The molecule has 0 bridgehead atoms. The van der Waals surface area contributed by atoms with E-state index in [0.717, 1.165) is 25.3 Å². The minimum Gasteiger partial charge on any atom is -0.236 e. The van der Waals surface area contributed by atoms with Crippen LogP contribution >= 0.6 is 27.3 Å². The van der Waals surface area contributed by atoms with Crippen LogP contribution in [0.5, 0.6) is 0 Å². The maximum absolute atomic E-state index is 13.1. The van der Waals surface area contributed by atoms with Crippen LogP contribution in [0.15, 0.2) is 41.1 Å². The second-order valence-corrected chi connectivity index (χ2v) is 5.99. The Labute approximate surface area is 116 Å². The van der Waals surface area contributed by atoms with Crippen molar-refractivity contribution in [3.05, 3.63) is 46.9 Å². The molecule has 0 spiro atoms. The number of pyridine rings is 1. The highest BCUT2D eigenvalue weighted by molar-refractivity contribution is 9.10. The summed E-state index contributed by atoms with van der Waals surface area (Å²) in [6.45, 7) is 0. The van der Waals surface area contributed by atoms with Crippen molar-refractivity contribution in [2.24, 2.45) is 7.05 Å². The molecule has 90 valence electrons. The van der Waals surface area contributed by atoms with E-state index in [0.29, 0.717) is 0 Å². The van der Waals surface area contributed by atoms with Gasteiger partial charge in [0.25, 0.3) is 0 Å². The molecule has 0 aliphatic carbocycles. The lowest BCUT2D eigenvalue weighted by molar-refractivity contribution is -0.671. The molecule has 0 saturated carbocycles. The first-order valence-corrected chi connectivity index (χ1v) is 6.95. The number of rotatable bonds is 1. The van der Waals surface area contributed by atoms with Crippen molar-refractivity contribution in [2.75, 3.05) is 0 Å². The number of aromatic nitrogens is 2. The average molecular weight is 324 g/mol. The lowest BCUT2D eigenvalue weighted by atomic mass is 10.3. The van der Waals surface area contributed by atoms with Crippen molar-refractivity contribution in [1.29, 1.82) is 0 Å². The first-order valence-electron chi connectivity index (χ1n) is 5.34. The zero-order chi connectivity index (χ0) is 12.7. The van der Waals surface area contributed by atoms with E-state index >= 15 is 0 Å². The van der Waals surface area contributed by atoms with Gasteiger partial charge >= 0.3 is 0 Å². The van der Waals surface area contributed by atoms with Gasteiger partial charge in [0.2, 0.25) is 0 Å². The van der Waals surface area contributed by atoms with Crippen molar-refractivity contribution in [2.45, 2.75) is 0 Å². The molecule has 0 fully saturated rings. The molecule has 2 aromatic heterocycles. The lowest BCUT2D eigenvalue weighted by Crippen LogP contribution is -2.26. The summed E-state index contributed by atoms with van der Waals surface area (Å²) in [5.74, 6) is -0.225. The van der Waals surface area contributed by atoms with E-state index in [1.54, 1.807) is 6.07 Å². The van der Waals surface area contributed by atoms with Gasteiger partial charge in [-0.1, -0.05) is 0 Å². The van der Waals surface area contributed by atoms with Gasteiger partial charge in [0.1, 0.15) is 17.9 Å². The molecule has 0 aliphatic rings. The van der Waals surface area contributed by atoms with Gasteiger partial charge in [0.05, 0.1) is 20.3 Å². The van der Waals surface area contributed by atoms with Crippen molar-refractivity contribution >= 4 is 37.5 Å². The first-order chi connectivity index (χ1) is 8.61. The Morgan fingerprint density at radius 1 is 1.28 bits per heavy atom. The summed E-state index contributed by atoms with van der Waals surface area (Å²) in [6, 6.07) is 6.68. The molecule has 1 aromatic carbocycles. The van der Waals surface area contributed by atoms with Crippen molar-refractivity contribution in [1.82, 2.24) is 4.98 Å². The van der Waals surface area contributed by atoms with Gasteiger partial charge in [0.15, 0.2) is 12.4 Å². The first kappa shape index (κ1) is 11.7. The Hall–Kier alpha value is -1.33. The summed E-state index contributed by atoms with van der Waals surface area (Å²) in [7, 11) is 1.96. The number of hydrogen-bond donors (Lipinski definition) is 0. The van der Waals surface area contributed by atoms with Gasteiger partial charge in [-0.3, -0.25) is 0 Å². The third-order valence-corrected chi connectivity index (χ3v) is 4.06. The number of benzene rings is 1. The van der Waals surface area contributed by atoms with Gasteiger partial charge in [-0.15, -0.1) is 11.3 Å². The fourth-order valence-corrected chi connectivity index (χ4v) is 3.35. The van der Waals surface area contributed by atoms with Crippen molar-refractivity contribution in [3.8, 4) is 10.6 Å². The molecule has 0 saturated heterocycles. The fourth-order valence-electron chi connectivity index (χ4n) is 1.81. The number of halogens is 2. The van der Waals surface area contributed by atoms with Crippen molar-refractivity contribution < 1.29 is 8.96 Å². The lowest BCUT2D eigenvalue weighted by Gasteiger charge is -1.95. The van der Waals surface area contributed by atoms with Gasteiger partial charge < -0.3 is 0 Å². The van der Waals surface area contributed by atoms with Crippen LogP contribution < -0.4 is 4.57 Å². The third kappa shape index (κ3) is 2.15. The Bertz CT molecular complexity index is 719. The number of thiazole rings is 1. The predicted molar refractivity (Wildman–Crippen MR) is 73.9 cm³/mol. The number of nitrogens with zero attached hydrogens (tertiary/aromatic N) is 2. The summed E-state index contributed by atoms with van der Waals surface area (Å²) < 4.78 is 17.0. The quantitative estimate of drug-likeness (QED) is 0.624. The summed E-state index contributed by atoms with van der Waals surface area (Å²) in [5.41, 5.74) is 1.85. The van der Waals surface area contributed by atoms with Crippen LogP contribution in [0.3, 0.4) is 0 Å². The highest BCUT2D eigenvalue weighted by Gasteiger charge is 2.11. The molecule has 0 aliphatic heterocycles. The molecule has 5 heteroatoms. The standard InChI is InChI=1S/C13H9BrFN2S/c1-17-6-8(4-9(14)7-17)13-16-11-3-2-10(15)5-12(11)18-13/h2-7H,1H3/q+1. The second-order valence-electron chi connectivity index (χ2n) is 4.04. The molecule has 3 rings (SSSR count). The number of hydrogen-bond acceptors (Lipinski definition) is 2. The maximum atomic E-state index is 13.1. The highest BCUT2D eigenvalue weighted by atomic mass is 79.9. The van der Waals surface area contributed by atoms with E-state index in [2.05, 4.69) is 20.9 Å². The molecule has 0 unspecified atom stereocenters. The zero-order valence-electron chi connectivity index (χ0n) is 9.52. The average Bonchev–Trinajstić information content (AvgIpc) is 2.70. The molecule has 0 amide bonds. The monoisotopic (exact) mass is 323 g/mol. The second kappa shape index (κ2) is 4.40. The van der Waals surface area contributed by atoms with Gasteiger partial charge in [0, 0.05) is 0 Å². The largest absolute Gasteiger partial charge is 0.236 e. The van der Waals surface area contributed by atoms with Crippen LogP contribution in [-0.2, 0) is 7.05 Å². The highest BCUT2D eigenvalue weighted by Crippen LogP contribution is 2.30. The number of aryl methyl sites for hydroxylation is 1. The van der Waals surface area contributed by atoms with Crippen LogP contribution in [0.25, 0.3) is 20.8 Å². The Kier molecular flexibility index (Phi) is 2.87. The van der Waals surface area contributed by atoms with Gasteiger partial charge in [-0.25, -0.2) is 13.9 Å². The van der Waals surface area contributed by atoms with E-state index in [1.807, 2.05) is 30.1 Å². The van der Waals surface area contributed by atoms with E-state index < -0.39 is 0 Å². The van der Waals surface area contributed by atoms with Crippen LogP contribution in [0.1, 0.15) is 0 Å². The fraction of sp³-hybridized carbons (Fsp3) is 0.0769. The topological polar surface area (TPSA) is 16.8 Å². The molecule has 0 radical (unpaired) electrons. The Morgan fingerprint density at radius 2 is 2.11 bits per heavy atom. The molecule has 0 atom stereocenters. The predicted octanol–water partition coefficient (Wildman–Crippen LogP) is 3.69. The van der Waals surface area contributed by atoms with Gasteiger partial charge in [-0.2, -0.15) is 0 Å². The SMILES string of the molecule is C[n+]1cc(Br)cc(-c2nc3ccc(F)cc3s2)c1. The van der Waals surface area contributed by atoms with Crippen LogP contribution in [0, 0.1) is 5.82 Å². The maximum Gasteiger partial charge on any atom is 0.182 e. The molecule has 2 nitrogen and oxygen atoms in total. The summed E-state index contributed by atoms with van der Waals surface area (Å²) in [4.78, 5) is 4.52. The van der Waals surface area contributed by atoms with Gasteiger partial charge in [-0.05, 0) is 40.2 Å². The summed E-state index contributed by atoms with van der Waals surface area (Å²) in [5, 5.41) is 0.896.